The van der Waals surface area contributed by atoms with E-state index in [0.717, 1.165) is 29.4 Å². The molecule has 0 bridgehead atoms. The van der Waals surface area contributed by atoms with Crippen molar-refractivity contribution in [3.8, 4) is 0 Å². The molecule has 4 rings (SSSR count). The molecule has 1 saturated heterocycles. The summed E-state index contributed by atoms with van der Waals surface area (Å²) >= 11 is 0. The second-order valence-electron chi connectivity index (χ2n) is 10.0. The van der Waals surface area contributed by atoms with Crippen LogP contribution in [0.3, 0.4) is 0 Å². The maximum atomic E-state index is 13.8. The molecule has 1 aliphatic heterocycles. The molecule has 1 aromatic heterocycles. The number of hydrogen-bond acceptors (Lipinski definition) is 5. The minimum Gasteiger partial charge on any atom is -0.382 e. The molecular formula is C29H34F2N4O2. The van der Waals surface area contributed by atoms with Gasteiger partial charge in [-0.15, -0.1) is 0 Å². The highest BCUT2D eigenvalue weighted by molar-refractivity contribution is 6.00. The van der Waals surface area contributed by atoms with Crippen molar-refractivity contribution in [2.45, 2.75) is 31.9 Å². The molecular weight excluding hydrogens is 474 g/mol. The number of carbonyl (C=O) groups is 1. The number of carbonyl (C=O) groups excluding carboxylic acids is 1. The van der Waals surface area contributed by atoms with Crippen LogP contribution in [0, 0.1) is 11.6 Å². The van der Waals surface area contributed by atoms with Gasteiger partial charge in [0.05, 0.1) is 29.2 Å². The lowest BCUT2D eigenvalue weighted by Crippen LogP contribution is -2.52. The van der Waals surface area contributed by atoms with E-state index in [1.807, 2.05) is 18.2 Å². The van der Waals surface area contributed by atoms with E-state index in [9.17, 15) is 18.7 Å². The summed E-state index contributed by atoms with van der Waals surface area (Å²) in [5.74, 6) is -0.846. The van der Waals surface area contributed by atoms with Crippen molar-refractivity contribution in [1.29, 1.82) is 0 Å². The number of benzene rings is 2. The highest BCUT2D eigenvalue weighted by Crippen LogP contribution is 2.35. The molecule has 6 nitrogen and oxygen atoms in total. The van der Waals surface area contributed by atoms with E-state index in [-0.39, 0.29) is 24.3 Å². The van der Waals surface area contributed by atoms with E-state index in [1.54, 1.807) is 38.1 Å². The predicted octanol–water partition coefficient (Wildman–Crippen LogP) is 4.40. The zero-order valence-electron chi connectivity index (χ0n) is 21.8. The summed E-state index contributed by atoms with van der Waals surface area (Å²) in [5.41, 5.74) is 2.55. The van der Waals surface area contributed by atoms with E-state index in [0.29, 0.717) is 30.9 Å². The lowest BCUT2D eigenvalue weighted by atomic mass is 9.96. The average molecular weight is 509 g/mol. The number of amides is 1. The third kappa shape index (κ3) is 5.97. The molecule has 2 aromatic carbocycles. The van der Waals surface area contributed by atoms with Gasteiger partial charge in [-0.05, 0) is 60.9 Å². The number of piperazine rings is 1. The van der Waals surface area contributed by atoms with Crippen LogP contribution >= 0.6 is 0 Å². The molecule has 0 spiro atoms. The van der Waals surface area contributed by atoms with Crippen LogP contribution in [0.15, 0.2) is 60.8 Å². The standard InChI is InChI=1S/C29H34F2N4O2/c1-5-20-6-12-25(24(16-20)28(36)33(3)4)35-15-14-34(18-26(35)21-7-9-22(30)10-8-21)19-29(2,37)27-13-11-23(31)17-32-27/h6-13,16-17,26,37H,5,14-15,18-19H2,1-4H3/t26-,29+/m0/s1. The SMILES string of the molecule is CCc1ccc(N2CCN(C[C@@](C)(O)c3ccc(F)cn3)C[C@H]2c2ccc(F)cc2)c(C(=O)N(C)C)c1. The zero-order valence-corrected chi connectivity index (χ0v) is 21.8. The van der Waals surface area contributed by atoms with Crippen LogP contribution in [0.1, 0.15) is 47.1 Å². The Morgan fingerprint density at radius 1 is 1.08 bits per heavy atom. The van der Waals surface area contributed by atoms with Crippen molar-refractivity contribution in [2.24, 2.45) is 0 Å². The molecule has 3 aromatic rings. The Kier molecular flexibility index (Phi) is 7.90. The van der Waals surface area contributed by atoms with E-state index < -0.39 is 11.4 Å². The minimum absolute atomic E-state index is 0.0732. The van der Waals surface area contributed by atoms with Gasteiger partial charge in [0, 0.05) is 40.3 Å². The smallest absolute Gasteiger partial charge is 0.255 e. The molecule has 1 amide bonds. The first-order valence-corrected chi connectivity index (χ1v) is 12.5. The second kappa shape index (κ2) is 10.9. The molecule has 1 N–H and O–H groups in total. The van der Waals surface area contributed by atoms with Gasteiger partial charge >= 0.3 is 0 Å². The van der Waals surface area contributed by atoms with E-state index in [1.165, 1.54) is 24.3 Å². The van der Waals surface area contributed by atoms with Crippen LogP contribution in [0.4, 0.5) is 14.5 Å². The Bertz CT molecular complexity index is 1230. The number of hydrogen-bond donors (Lipinski definition) is 1. The van der Waals surface area contributed by atoms with Gasteiger partial charge in [0.15, 0.2) is 0 Å². The van der Waals surface area contributed by atoms with Crippen molar-refractivity contribution < 1.29 is 18.7 Å². The lowest BCUT2D eigenvalue weighted by molar-refractivity contribution is 0.00669. The summed E-state index contributed by atoms with van der Waals surface area (Å²) in [6.45, 7) is 5.77. The fraction of sp³-hybridized carbons (Fsp3) is 0.379. The number of pyridine rings is 1. The quantitative estimate of drug-likeness (QED) is 0.513. The first-order chi connectivity index (χ1) is 17.6. The van der Waals surface area contributed by atoms with Gasteiger partial charge in [-0.3, -0.25) is 14.7 Å². The van der Waals surface area contributed by atoms with Crippen LogP contribution in [-0.4, -0.2) is 66.1 Å². The first kappa shape index (κ1) is 26.7. The molecule has 1 fully saturated rings. The number of aromatic nitrogens is 1. The molecule has 0 aliphatic carbocycles. The Hall–Kier alpha value is -3.36. The lowest BCUT2D eigenvalue weighted by Gasteiger charge is -2.45. The largest absolute Gasteiger partial charge is 0.382 e. The monoisotopic (exact) mass is 508 g/mol. The topological polar surface area (TPSA) is 59.9 Å². The summed E-state index contributed by atoms with van der Waals surface area (Å²) in [6, 6.07) is 15.0. The highest BCUT2D eigenvalue weighted by atomic mass is 19.1. The maximum absolute atomic E-state index is 13.8. The molecule has 0 unspecified atom stereocenters. The summed E-state index contributed by atoms with van der Waals surface area (Å²) in [5, 5.41) is 11.2. The Morgan fingerprint density at radius 2 is 1.78 bits per heavy atom. The predicted molar refractivity (Wildman–Crippen MR) is 141 cm³/mol. The fourth-order valence-corrected chi connectivity index (χ4v) is 4.92. The summed E-state index contributed by atoms with van der Waals surface area (Å²) in [4.78, 5) is 23.2. The number of aryl methyl sites for hydroxylation is 1. The van der Waals surface area contributed by atoms with Crippen LogP contribution < -0.4 is 4.90 Å². The number of β-amino-alcohol motifs (C(OH)–C–C–N with tert-alkyl or cyclic N) is 1. The van der Waals surface area contributed by atoms with Gasteiger partial charge in [0.2, 0.25) is 0 Å². The van der Waals surface area contributed by atoms with Crippen molar-refractivity contribution in [3.05, 3.63) is 94.8 Å². The first-order valence-electron chi connectivity index (χ1n) is 12.5. The van der Waals surface area contributed by atoms with Crippen LogP contribution in [-0.2, 0) is 12.0 Å². The number of halogens is 2. The maximum Gasteiger partial charge on any atom is 0.255 e. The third-order valence-electron chi connectivity index (χ3n) is 6.95. The van der Waals surface area contributed by atoms with Crippen molar-refractivity contribution in [1.82, 2.24) is 14.8 Å². The normalized spacial score (nSPS) is 17.9. The Balaban J connectivity index is 1.68. The van der Waals surface area contributed by atoms with Gasteiger partial charge in [0.1, 0.15) is 17.2 Å². The van der Waals surface area contributed by atoms with Gasteiger partial charge < -0.3 is 14.9 Å². The third-order valence-corrected chi connectivity index (χ3v) is 6.95. The van der Waals surface area contributed by atoms with Crippen molar-refractivity contribution >= 4 is 11.6 Å². The average Bonchev–Trinajstić information content (AvgIpc) is 2.88. The van der Waals surface area contributed by atoms with Crippen LogP contribution in [0.2, 0.25) is 0 Å². The molecule has 8 heteroatoms. The number of rotatable bonds is 7. The number of nitrogens with zero attached hydrogens (tertiary/aromatic N) is 4. The molecule has 0 radical (unpaired) electrons. The Morgan fingerprint density at radius 3 is 2.41 bits per heavy atom. The fourth-order valence-electron chi connectivity index (χ4n) is 4.92. The highest BCUT2D eigenvalue weighted by Gasteiger charge is 2.35. The summed E-state index contributed by atoms with van der Waals surface area (Å²) in [7, 11) is 3.48. The van der Waals surface area contributed by atoms with E-state index in [4.69, 9.17) is 0 Å². The molecule has 37 heavy (non-hydrogen) atoms. The van der Waals surface area contributed by atoms with Gasteiger partial charge in [-0.25, -0.2) is 8.78 Å². The van der Waals surface area contributed by atoms with Crippen molar-refractivity contribution in [3.63, 3.8) is 0 Å². The number of anilines is 1. The minimum atomic E-state index is -1.29. The van der Waals surface area contributed by atoms with Crippen LogP contribution in [0.25, 0.3) is 0 Å². The van der Waals surface area contributed by atoms with Gasteiger partial charge in [0.25, 0.3) is 5.91 Å². The second-order valence-corrected chi connectivity index (χ2v) is 10.0. The molecule has 0 saturated carbocycles. The van der Waals surface area contributed by atoms with Crippen molar-refractivity contribution in [2.75, 3.05) is 45.2 Å². The van der Waals surface area contributed by atoms with Crippen LogP contribution in [0.5, 0.6) is 0 Å². The molecule has 2 heterocycles. The molecule has 196 valence electrons. The molecule has 2 atom stereocenters. The molecule has 1 aliphatic rings. The van der Waals surface area contributed by atoms with E-state index in [2.05, 4.69) is 21.7 Å². The Labute approximate surface area is 217 Å². The van der Waals surface area contributed by atoms with Gasteiger partial charge in [-0.2, -0.15) is 0 Å². The summed E-state index contributed by atoms with van der Waals surface area (Å²) < 4.78 is 27.2. The zero-order chi connectivity index (χ0) is 26.7. The number of aliphatic hydroxyl groups is 1. The van der Waals surface area contributed by atoms with E-state index >= 15 is 0 Å². The van der Waals surface area contributed by atoms with Gasteiger partial charge in [-0.1, -0.05) is 25.1 Å². The summed E-state index contributed by atoms with van der Waals surface area (Å²) in [6.07, 6.45) is 1.92.